The molecule has 37 heavy (non-hydrogen) atoms. The molecule has 200 valence electrons. The van der Waals surface area contributed by atoms with E-state index < -0.39 is 30.3 Å². The minimum Gasteiger partial charge on any atom is -0.439 e. The van der Waals surface area contributed by atoms with Gasteiger partial charge >= 0.3 is 6.09 Å². The van der Waals surface area contributed by atoms with Crippen LogP contribution in [0.5, 0.6) is 0 Å². The number of likely N-dealkylation sites (tertiary alicyclic amines) is 1. The largest absolute Gasteiger partial charge is 0.439 e. The molecule has 4 N–H and O–H groups in total. The molecule has 3 atom stereocenters. The number of nitrogens with one attached hydrogen (secondary N) is 1. The summed E-state index contributed by atoms with van der Waals surface area (Å²) in [6.45, 7) is 4.72. The molecule has 0 aromatic rings. The van der Waals surface area contributed by atoms with Crippen molar-refractivity contribution in [1.29, 1.82) is 0 Å². The normalized spacial score (nSPS) is 29.9. The number of methoxy groups -OCH3 is 1. The SMILES string of the molecule is COC1/C=C\C=C(/C)C(=O)NC2=CC(=O)C(N3CCC3)=C(CCCC(O)C/C=C(\C)C1OC(N)=O)C2=O. The zero-order valence-electron chi connectivity index (χ0n) is 21.5. The van der Waals surface area contributed by atoms with E-state index in [2.05, 4.69) is 5.32 Å². The van der Waals surface area contributed by atoms with Crippen LogP contribution in [0.2, 0.25) is 0 Å². The Hall–Kier alpha value is -3.50. The number of Topliss-reactive ketones (excluding diaryl/α,β-unsaturated/α-hetero) is 1. The smallest absolute Gasteiger partial charge is 0.405 e. The number of amides is 2. The summed E-state index contributed by atoms with van der Waals surface area (Å²) in [7, 11) is 1.45. The second-order valence-corrected chi connectivity index (χ2v) is 9.40. The van der Waals surface area contributed by atoms with Gasteiger partial charge in [0.2, 0.25) is 11.6 Å². The van der Waals surface area contributed by atoms with Gasteiger partial charge in [-0.15, -0.1) is 0 Å². The lowest BCUT2D eigenvalue weighted by Gasteiger charge is -2.37. The number of nitrogens with two attached hydrogens (primary N) is 1. The monoisotopic (exact) mass is 513 g/mol. The number of hydrogen-bond acceptors (Lipinski definition) is 8. The molecule has 0 aromatic heterocycles. The predicted octanol–water partition coefficient (Wildman–Crippen LogP) is 1.96. The van der Waals surface area contributed by atoms with Crippen LogP contribution in [-0.2, 0) is 23.9 Å². The lowest BCUT2D eigenvalue weighted by molar-refractivity contribution is -0.120. The van der Waals surface area contributed by atoms with Gasteiger partial charge in [-0.05, 0) is 51.5 Å². The Bertz CT molecular complexity index is 1100. The highest BCUT2D eigenvalue weighted by atomic mass is 16.6. The molecule has 10 nitrogen and oxygen atoms in total. The van der Waals surface area contributed by atoms with E-state index >= 15 is 0 Å². The molecular weight excluding hydrogens is 478 g/mol. The quantitative estimate of drug-likeness (QED) is 0.383. The maximum absolute atomic E-state index is 13.3. The van der Waals surface area contributed by atoms with E-state index in [1.165, 1.54) is 19.3 Å². The van der Waals surface area contributed by atoms with E-state index in [4.69, 9.17) is 15.2 Å². The minimum atomic E-state index is -0.965. The van der Waals surface area contributed by atoms with Crippen molar-refractivity contribution in [2.45, 2.75) is 64.3 Å². The first kappa shape index (κ1) is 28.1. The second-order valence-electron chi connectivity index (χ2n) is 9.40. The molecule has 3 unspecified atom stereocenters. The summed E-state index contributed by atoms with van der Waals surface area (Å²) in [5.41, 5.74) is 6.89. The molecule has 3 rings (SSSR count). The molecule has 2 heterocycles. The number of ether oxygens (including phenoxy) is 2. The molecule has 0 aromatic carbocycles. The third-order valence-corrected chi connectivity index (χ3v) is 6.68. The van der Waals surface area contributed by atoms with Gasteiger partial charge in [-0.25, -0.2) is 4.79 Å². The first-order valence-electron chi connectivity index (χ1n) is 12.4. The summed E-state index contributed by atoms with van der Waals surface area (Å²) < 4.78 is 10.8. The van der Waals surface area contributed by atoms with Crippen molar-refractivity contribution in [3.63, 3.8) is 0 Å². The summed E-state index contributed by atoms with van der Waals surface area (Å²) in [6, 6.07) is 0. The molecule has 3 aliphatic rings. The Morgan fingerprint density at radius 3 is 2.54 bits per heavy atom. The highest BCUT2D eigenvalue weighted by Gasteiger charge is 2.34. The van der Waals surface area contributed by atoms with E-state index in [0.717, 1.165) is 6.42 Å². The van der Waals surface area contributed by atoms with Gasteiger partial charge in [-0.1, -0.05) is 24.3 Å². The minimum absolute atomic E-state index is 0.0593. The van der Waals surface area contributed by atoms with Crippen molar-refractivity contribution in [2.24, 2.45) is 5.73 Å². The lowest BCUT2D eigenvalue weighted by atomic mass is 9.90. The molecular formula is C27H35N3O7. The number of rotatable bonds is 3. The first-order valence-corrected chi connectivity index (χ1v) is 12.4. The zero-order chi connectivity index (χ0) is 27.1. The van der Waals surface area contributed by atoms with Crippen LogP contribution in [0.4, 0.5) is 4.79 Å². The van der Waals surface area contributed by atoms with Crippen LogP contribution in [0.1, 0.15) is 46.0 Å². The summed E-state index contributed by atoms with van der Waals surface area (Å²) in [5, 5.41) is 13.1. The van der Waals surface area contributed by atoms with Crippen LogP contribution in [-0.4, -0.2) is 72.1 Å². The Morgan fingerprint density at radius 2 is 1.92 bits per heavy atom. The van der Waals surface area contributed by atoms with Crippen LogP contribution in [0, 0.1) is 0 Å². The molecule has 2 amide bonds. The number of primary amides is 1. The fourth-order valence-electron chi connectivity index (χ4n) is 4.42. The Kier molecular flexibility index (Phi) is 9.60. The average molecular weight is 514 g/mol. The second kappa shape index (κ2) is 12.6. The number of ketones is 2. The van der Waals surface area contributed by atoms with Gasteiger partial charge in [0.1, 0.15) is 6.10 Å². The molecule has 0 saturated carbocycles. The maximum atomic E-state index is 13.3. The van der Waals surface area contributed by atoms with Crippen molar-refractivity contribution in [2.75, 3.05) is 20.2 Å². The molecule has 0 radical (unpaired) electrons. The number of nitrogens with zero attached hydrogens (tertiary/aromatic N) is 1. The van der Waals surface area contributed by atoms with E-state index in [-0.39, 0.29) is 29.3 Å². The van der Waals surface area contributed by atoms with Crippen LogP contribution in [0.15, 0.2) is 58.5 Å². The first-order chi connectivity index (χ1) is 17.6. The molecule has 1 aliphatic carbocycles. The fraction of sp³-hybridized carbons (Fsp3) is 0.481. The van der Waals surface area contributed by atoms with Crippen LogP contribution >= 0.6 is 0 Å². The highest BCUT2D eigenvalue weighted by molar-refractivity contribution is 6.23. The Labute approximate surface area is 216 Å². The van der Waals surface area contributed by atoms with Crippen LogP contribution in [0.25, 0.3) is 0 Å². The van der Waals surface area contributed by atoms with Crippen LogP contribution in [0.3, 0.4) is 0 Å². The summed E-state index contributed by atoms with van der Waals surface area (Å²) >= 11 is 0. The third-order valence-electron chi connectivity index (χ3n) is 6.68. The fourth-order valence-corrected chi connectivity index (χ4v) is 4.42. The van der Waals surface area contributed by atoms with Gasteiger partial charge in [-0.2, -0.15) is 0 Å². The molecule has 10 heteroatoms. The van der Waals surface area contributed by atoms with Crippen molar-refractivity contribution < 1.29 is 33.8 Å². The number of aliphatic hydroxyl groups is 1. The number of aliphatic hydroxyl groups excluding tert-OH is 1. The van der Waals surface area contributed by atoms with Crippen LogP contribution < -0.4 is 11.1 Å². The number of carbonyl (C=O) groups excluding carboxylic acids is 4. The average Bonchev–Trinajstić information content (AvgIpc) is 2.81. The van der Waals surface area contributed by atoms with Gasteiger partial charge in [-0.3, -0.25) is 14.4 Å². The zero-order valence-corrected chi connectivity index (χ0v) is 21.5. The van der Waals surface area contributed by atoms with Crippen molar-refractivity contribution >= 4 is 23.6 Å². The van der Waals surface area contributed by atoms with Gasteiger partial charge in [0.15, 0.2) is 6.10 Å². The van der Waals surface area contributed by atoms with Gasteiger partial charge in [0.05, 0.1) is 17.5 Å². The molecule has 2 aliphatic heterocycles. The van der Waals surface area contributed by atoms with Gasteiger partial charge in [0.25, 0.3) is 5.91 Å². The van der Waals surface area contributed by atoms with Gasteiger partial charge < -0.3 is 30.5 Å². The number of fused-ring (bicyclic) bond motifs is 2. The standard InChI is InChI=1S/C27H35N3O7/c1-16-11-12-18(31)8-5-9-19-23(30-13-6-14-30)21(32)15-20(24(19)33)29-26(34)17(2)7-4-10-22(36-3)25(16)37-27(28)35/h4,7,10-11,15,18,22,25,31H,5-6,8-9,12-14H2,1-3H3,(H2,28,35)(H,29,34)/b10-4-,16-11+,17-7+. The summed E-state index contributed by atoms with van der Waals surface area (Å²) in [6.07, 6.45) is 6.79. The summed E-state index contributed by atoms with van der Waals surface area (Å²) in [5.74, 6) is -1.21. The molecule has 1 fully saturated rings. The highest BCUT2D eigenvalue weighted by Crippen LogP contribution is 2.29. The predicted molar refractivity (Wildman–Crippen MR) is 136 cm³/mol. The Balaban J connectivity index is 1.95. The maximum Gasteiger partial charge on any atom is 0.405 e. The summed E-state index contributed by atoms with van der Waals surface area (Å²) in [4.78, 5) is 52.5. The van der Waals surface area contributed by atoms with Crippen molar-refractivity contribution in [3.05, 3.63) is 58.5 Å². The van der Waals surface area contributed by atoms with E-state index in [0.29, 0.717) is 49.2 Å². The number of allylic oxidation sites excluding steroid dienone is 4. The number of carbonyl (C=O) groups is 4. The van der Waals surface area contributed by atoms with Crippen molar-refractivity contribution in [1.82, 2.24) is 10.2 Å². The molecule has 2 bridgehead atoms. The topological polar surface area (TPSA) is 148 Å². The van der Waals surface area contributed by atoms with E-state index in [1.54, 1.807) is 32.1 Å². The van der Waals surface area contributed by atoms with E-state index in [1.807, 2.05) is 4.90 Å². The number of hydrogen-bond donors (Lipinski definition) is 3. The molecule has 0 spiro atoms. The Morgan fingerprint density at radius 1 is 1.19 bits per heavy atom. The third kappa shape index (κ3) is 7.05. The van der Waals surface area contributed by atoms with E-state index in [9.17, 15) is 24.3 Å². The van der Waals surface area contributed by atoms with Gasteiger partial charge in [0, 0.05) is 37.4 Å². The van der Waals surface area contributed by atoms with Crippen molar-refractivity contribution in [3.8, 4) is 0 Å². The molecule has 1 saturated heterocycles. The lowest BCUT2D eigenvalue weighted by Crippen LogP contribution is -2.43.